The van der Waals surface area contributed by atoms with Crippen molar-refractivity contribution in [1.29, 1.82) is 0 Å². The molecule has 0 radical (unpaired) electrons. The number of nitrogens with zero attached hydrogens (tertiary/aromatic N) is 2. The van der Waals surface area contributed by atoms with Crippen molar-refractivity contribution in [1.82, 2.24) is 10.2 Å². The van der Waals surface area contributed by atoms with Crippen molar-refractivity contribution >= 4 is 50.7 Å². The molecule has 2 aromatic rings. The molecule has 2 aromatic carbocycles. The normalized spacial score (nSPS) is 12.6. The highest BCUT2D eigenvalue weighted by Crippen LogP contribution is 2.27. The molecule has 0 saturated carbocycles. The molecule has 0 aliphatic rings. The molecule has 0 heterocycles. The molecule has 1 N–H and O–H groups in total. The first-order chi connectivity index (χ1) is 17.7. The number of halogens is 2. The molecule has 10 heteroatoms. The van der Waals surface area contributed by atoms with Crippen LogP contribution < -0.4 is 9.62 Å². The first-order valence-corrected chi connectivity index (χ1v) is 15.4. The number of nitrogens with one attached hydrogen (secondary N) is 1. The van der Waals surface area contributed by atoms with Gasteiger partial charge in [0.05, 0.1) is 11.9 Å². The zero-order valence-corrected chi connectivity index (χ0v) is 25.4. The smallest absolute Gasteiger partial charge is 0.244 e. The van der Waals surface area contributed by atoms with Gasteiger partial charge in [-0.3, -0.25) is 13.9 Å². The molecule has 1 atom stereocenters. The summed E-state index contributed by atoms with van der Waals surface area (Å²) in [7, 11) is -3.81. The zero-order valence-electron chi connectivity index (χ0n) is 23.1. The van der Waals surface area contributed by atoms with Crippen LogP contribution in [0, 0.1) is 0 Å². The van der Waals surface area contributed by atoms with Gasteiger partial charge in [-0.15, -0.1) is 0 Å². The third kappa shape index (κ3) is 8.89. The van der Waals surface area contributed by atoms with Gasteiger partial charge in [-0.1, -0.05) is 82.4 Å². The standard InChI is InChI=1S/C28H39Cl2N3O4S/c1-7-9-16-31-27(35)25(8-2)32(18-20-10-13-22(29)17-24(20)30)26(34)19-33(38(6,36)37)23-14-11-21(12-15-23)28(3,4)5/h10-15,17,25H,7-9,16,18-19H2,1-6H3,(H,31,35)/t25-/m1/s1. The second-order valence-corrected chi connectivity index (χ2v) is 13.1. The molecule has 0 unspecified atom stereocenters. The summed E-state index contributed by atoms with van der Waals surface area (Å²) in [5, 5.41) is 3.70. The molecule has 0 aliphatic carbocycles. The SMILES string of the molecule is CCCCNC(=O)[C@@H](CC)N(Cc1ccc(Cl)cc1Cl)C(=O)CN(c1ccc(C(C)(C)C)cc1)S(C)(=O)=O. The van der Waals surface area contributed by atoms with Gasteiger partial charge in [0.25, 0.3) is 0 Å². The number of unbranched alkanes of at least 4 members (excludes halogenated alkanes) is 1. The Kier molecular flexibility index (Phi) is 11.5. The number of benzene rings is 2. The summed E-state index contributed by atoms with van der Waals surface area (Å²) in [6.07, 6.45) is 3.13. The van der Waals surface area contributed by atoms with Gasteiger partial charge in [0.15, 0.2) is 0 Å². The Bertz CT molecular complexity index is 1210. The molecule has 0 saturated heterocycles. The molecule has 2 rings (SSSR count). The van der Waals surface area contributed by atoms with Crippen molar-refractivity contribution in [3.05, 3.63) is 63.6 Å². The molecular formula is C28H39Cl2N3O4S. The number of amides is 2. The van der Waals surface area contributed by atoms with Crippen LogP contribution in [0.1, 0.15) is 65.0 Å². The Labute approximate surface area is 237 Å². The molecule has 0 spiro atoms. The van der Waals surface area contributed by atoms with Crippen LogP contribution in [0.5, 0.6) is 0 Å². The van der Waals surface area contributed by atoms with Crippen LogP contribution in [0.4, 0.5) is 5.69 Å². The number of carbonyl (C=O) groups excluding carboxylic acids is 2. The largest absolute Gasteiger partial charge is 0.354 e. The summed E-state index contributed by atoms with van der Waals surface area (Å²) in [6.45, 7) is 10.1. The van der Waals surface area contributed by atoms with Crippen LogP contribution in [0.2, 0.25) is 10.0 Å². The number of hydrogen-bond donors (Lipinski definition) is 1. The van der Waals surface area contributed by atoms with E-state index in [9.17, 15) is 18.0 Å². The van der Waals surface area contributed by atoms with E-state index in [-0.39, 0.29) is 17.9 Å². The predicted octanol–water partition coefficient (Wildman–Crippen LogP) is 5.78. The van der Waals surface area contributed by atoms with Crippen molar-refractivity contribution in [2.75, 3.05) is 23.7 Å². The van der Waals surface area contributed by atoms with E-state index in [2.05, 4.69) is 26.1 Å². The Balaban J connectivity index is 2.45. The molecule has 38 heavy (non-hydrogen) atoms. The quantitative estimate of drug-likeness (QED) is 0.321. The molecule has 0 aromatic heterocycles. The van der Waals surface area contributed by atoms with Gasteiger partial charge < -0.3 is 10.2 Å². The summed E-state index contributed by atoms with van der Waals surface area (Å²) in [5.74, 6) is -0.807. The second-order valence-electron chi connectivity index (χ2n) is 10.4. The van der Waals surface area contributed by atoms with E-state index >= 15 is 0 Å². The highest BCUT2D eigenvalue weighted by Gasteiger charge is 2.32. The maximum atomic E-state index is 13.8. The first-order valence-electron chi connectivity index (χ1n) is 12.8. The molecule has 210 valence electrons. The minimum absolute atomic E-state index is 0.0229. The Morgan fingerprint density at radius 1 is 1.03 bits per heavy atom. The molecule has 0 aliphatic heterocycles. The van der Waals surface area contributed by atoms with Crippen molar-refractivity contribution in [3.8, 4) is 0 Å². The van der Waals surface area contributed by atoms with Gasteiger partial charge >= 0.3 is 0 Å². The summed E-state index contributed by atoms with van der Waals surface area (Å²) in [5.41, 5.74) is 1.90. The topological polar surface area (TPSA) is 86.8 Å². The van der Waals surface area contributed by atoms with Crippen LogP contribution in [0.25, 0.3) is 0 Å². The molecule has 2 amide bonds. The van der Waals surface area contributed by atoms with Crippen LogP contribution in [-0.4, -0.2) is 50.5 Å². The summed E-state index contributed by atoms with van der Waals surface area (Å²) < 4.78 is 26.7. The van der Waals surface area contributed by atoms with E-state index in [0.29, 0.717) is 34.3 Å². The van der Waals surface area contributed by atoms with E-state index in [0.717, 1.165) is 29.0 Å². The van der Waals surface area contributed by atoms with Gasteiger partial charge in [-0.05, 0) is 53.6 Å². The second kappa shape index (κ2) is 13.7. The zero-order chi connectivity index (χ0) is 28.7. The average molecular weight is 585 g/mol. The van der Waals surface area contributed by atoms with Crippen LogP contribution in [0.15, 0.2) is 42.5 Å². The summed E-state index contributed by atoms with van der Waals surface area (Å²) in [6, 6.07) is 11.2. The third-order valence-corrected chi connectivity index (χ3v) is 8.00. The third-order valence-electron chi connectivity index (χ3n) is 6.27. The van der Waals surface area contributed by atoms with E-state index in [1.165, 1.54) is 4.90 Å². The van der Waals surface area contributed by atoms with Crippen LogP contribution in [-0.2, 0) is 31.6 Å². The highest BCUT2D eigenvalue weighted by atomic mass is 35.5. The molecular weight excluding hydrogens is 545 g/mol. The molecule has 0 bridgehead atoms. The lowest BCUT2D eigenvalue weighted by Crippen LogP contribution is -2.52. The maximum Gasteiger partial charge on any atom is 0.244 e. The minimum atomic E-state index is -3.81. The lowest BCUT2D eigenvalue weighted by molar-refractivity contribution is -0.140. The van der Waals surface area contributed by atoms with E-state index in [1.54, 1.807) is 30.3 Å². The monoisotopic (exact) mass is 583 g/mol. The fraction of sp³-hybridized carbons (Fsp3) is 0.500. The van der Waals surface area contributed by atoms with Crippen molar-refractivity contribution in [3.63, 3.8) is 0 Å². The van der Waals surface area contributed by atoms with Crippen molar-refractivity contribution < 1.29 is 18.0 Å². The maximum absolute atomic E-state index is 13.8. The average Bonchev–Trinajstić information content (AvgIpc) is 2.82. The van der Waals surface area contributed by atoms with Crippen molar-refractivity contribution in [2.24, 2.45) is 0 Å². The van der Waals surface area contributed by atoms with Gasteiger partial charge in [-0.25, -0.2) is 8.42 Å². The Hall–Kier alpha value is -2.29. The molecule has 7 nitrogen and oxygen atoms in total. The highest BCUT2D eigenvalue weighted by molar-refractivity contribution is 7.92. The van der Waals surface area contributed by atoms with Crippen LogP contribution in [0.3, 0.4) is 0 Å². The van der Waals surface area contributed by atoms with Crippen molar-refractivity contribution in [2.45, 2.75) is 71.9 Å². The van der Waals surface area contributed by atoms with E-state index in [4.69, 9.17) is 23.2 Å². The van der Waals surface area contributed by atoms with Gasteiger partial charge in [0.2, 0.25) is 21.8 Å². The fourth-order valence-electron chi connectivity index (χ4n) is 4.00. The molecule has 0 fully saturated rings. The minimum Gasteiger partial charge on any atom is -0.354 e. The number of carbonyl (C=O) groups is 2. The fourth-order valence-corrected chi connectivity index (χ4v) is 5.32. The van der Waals surface area contributed by atoms with Crippen LogP contribution >= 0.6 is 23.2 Å². The lowest BCUT2D eigenvalue weighted by atomic mass is 9.87. The summed E-state index contributed by atoms with van der Waals surface area (Å²) >= 11 is 12.5. The summed E-state index contributed by atoms with van der Waals surface area (Å²) in [4.78, 5) is 28.3. The lowest BCUT2D eigenvalue weighted by Gasteiger charge is -2.33. The number of rotatable bonds is 12. The number of anilines is 1. The number of sulfonamides is 1. The van der Waals surface area contributed by atoms with Gasteiger partial charge in [-0.2, -0.15) is 0 Å². The number of hydrogen-bond acceptors (Lipinski definition) is 4. The van der Waals surface area contributed by atoms with Gasteiger partial charge in [0, 0.05) is 23.1 Å². The Morgan fingerprint density at radius 2 is 1.66 bits per heavy atom. The Morgan fingerprint density at radius 3 is 2.16 bits per heavy atom. The van der Waals surface area contributed by atoms with E-state index < -0.39 is 28.5 Å². The van der Waals surface area contributed by atoms with Gasteiger partial charge in [0.1, 0.15) is 12.6 Å². The van der Waals surface area contributed by atoms with E-state index in [1.807, 2.05) is 26.0 Å². The predicted molar refractivity (Wildman–Crippen MR) is 156 cm³/mol. The first kappa shape index (κ1) is 31.9.